The second kappa shape index (κ2) is 5.69. The van der Waals surface area contributed by atoms with Crippen molar-refractivity contribution in [3.05, 3.63) is 33.4 Å². The summed E-state index contributed by atoms with van der Waals surface area (Å²) in [5.74, 6) is -1.31. The van der Waals surface area contributed by atoms with Gasteiger partial charge < -0.3 is 10.0 Å². The molecule has 1 atom stereocenters. The molecule has 1 fully saturated rings. The van der Waals surface area contributed by atoms with Gasteiger partial charge >= 0.3 is 5.97 Å². The van der Waals surface area contributed by atoms with Gasteiger partial charge in [0.1, 0.15) is 0 Å². The van der Waals surface area contributed by atoms with Crippen LogP contribution in [0.3, 0.4) is 0 Å². The number of carboxylic acid groups (broad SMARTS) is 1. The molecular formula is C13H14INO3. The van der Waals surface area contributed by atoms with Crippen molar-refractivity contribution in [1.82, 2.24) is 4.90 Å². The van der Waals surface area contributed by atoms with E-state index in [2.05, 4.69) is 22.6 Å². The molecule has 96 valence electrons. The minimum atomic E-state index is -0.810. The van der Waals surface area contributed by atoms with Gasteiger partial charge in [0.25, 0.3) is 5.91 Å². The summed E-state index contributed by atoms with van der Waals surface area (Å²) in [6, 6.07) is 7.36. The standard InChI is InChI=1S/C13H14INO3/c14-11-5-1-3-9(7-11)12(16)15-6-2-4-10(8-15)13(17)18/h1,3,5,7,10H,2,4,6,8H2,(H,17,18)/t10-/m1/s1. The maximum Gasteiger partial charge on any atom is 0.308 e. The van der Waals surface area contributed by atoms with Crippen LogP contribution in [0, 0.1) is 9.49 Å². The van der Waals surface area contributed by atoms with Gasteiger partial charge in [-0.3, -0.25) is 9.59 Å². The third kappa shape index (κ3) is 3.01. The predicted molar refractivity (Wildman–Crippen MR) is 75.4 cm³/mol. The van der Waals surface area contributed by atoms with Crippen LogP contribution < -0.4 is 0 Å². The van der Waals surface area contributed by atoms with Gasteiger partial charge in [0.05, 0.1) is 5.92 Å². The highest BCUT2D eigenvalue weighted by atomic mass is 127. The number of hydrogen-bond acceptors (Lipinski definition) is 2. The smallest absolute Gasteiger partial charge is 0.308 e. The quantitative estimate of drug-likeness (QED) is 0.824. The summed E-state index contributed by atoms with van der Waals surface area (Å²) in [5.41, 5.74) is 0.632. The Balaban J connectivity index is 2.11. The molecule has 1 aliphatic heterocycles. The van der Waals surface area contributed by atoms with Crippen LogP contribution >= 0.6 is 22.6 Å². The number of piperidine rings is 1. The van der Waals surface area contributed by atoms with Crippen molar-refractivity contribution in [2.75, 3.05) is 13.1 Å². The maximum atomic E-state index is 12.2. The number of hydrogen-bond donors (Lipinski definition) is 1. The largest absolute Gasteiger partial charge is 0.481 e. The number of carbonyl (C=O) groups excluding carboxylic acids is 1. The minimum absolute atomic E-state index is 0.0699. The Morgan fingerprint density at radius 2 is 2.17 bits per heavy atom. The zero-order valence-electron chi connectivity index (χ0n) is 9.80. The first-order valence-electron chi connectivity index (χ1n) is 5.85. The SMILES string of the molecule is O=C(O)[C@@H]1CCCN(C(=O)c2cccc(I)c2)C1. The van der Waals surface area contributed by atoms with E-state index in [0.29, 0.717) is 25.1 Å². The number of halogens is 1. The number of likely N-dealkylation sites (tertiary alicyclic amines) is 1. The first-order chi connectivity index (χ1) is 8.58. The summed E-state index contributed by atoms with van der Waals surface area (Å²) in [5, 5.41) is 9.01. The van der Waals surface area contributed by atoms with Gasteiger partial charge in [-0.1, -0.05) is 6.07 Å². The van der Waals surface area contributed by atoms with Gasteiger partial charge in [-0.05, 0) is 53.6 Å². The molecule has 0 unspecified atom stereocenters. The third-order valence-electron chi connectivity index (χ3n) is 3.13. The van der Waals surface area contributed by atoms with Gasteiger partial charge in [0.15, 0.2) is 0 Å². The number of rotatable bonds is 2. The molecule has 0 aliphatic carbocycles. The van der Waals surface area contributed by atoms with Crippen molar-refractivity contribution in [1.29, 1.82) is 0 Å². The second-order valence-corrected chi connectivity index (χ2v) is 5.68. The van der Waals surface area contributed by atoms with Crippen molar-refractivity contribution in [3.63, 3.8) is 0 Å². The fourth-order valence-corrected chi connectivity index (χ4v) is 2.71. The summed E-state index contributed by atoms with van der Waals surface area (Å²) >= 11 is 2.16. The Morgan fingerprint density at radius 3 is 2.83 bits per heavy atom. The molecule has 0 aromatic heterocycles. The Labute approximate surface area is 119 Å². The van der Waals surface area contributed by atoms with E-state index in [1.807, 2.05) is 18.2 Å². The third-order valence-corrected chi connectivity index (χ3v) is 3.80. The molecule has 1 aromatic rings. The van der Waals surface area contributed by atoms with Crippen LogP contribution in [0.2, 0.25) is 0 Å². The highest BCUT2D eigenvalue weighted by Gasteiger charge is 2.28. The lowest BCUT2D eigenvalue weighted by atomic mass is 9.97. The number of carboxylic acids is 1. The number of carbonyl (C=O) groups is 2. The molecule has 4 nitrogen and oxygen atoms in total. The molecule has 1 aromatic carbocycles. The average molecular weight is 359 g/mol. The van der Waals surface area contributed by atoms with Gasteiger partial charge in [0, 0.05) is 22.2 Å². The lowest BCUT2D eigenvalue weighted by Gasteiger charge is -2.30. The van der Waals surface area contributed by atoms with Crippen LogP contribution in [0.15, 0.2) is 24.3 Å². The predicted octanol–water partition coefficient (Wildman–Crippen LogP) is 2.23. The molecule has 1 heterocycles. The van der Waals surface area contributed by atoms with Gasteiger partial charge in [0.2, 0.25) is 0 Å². The molecule has 2 rings (SSSR count). The molecule has 1 saturated heterocycles. The van der Waals surface area contributed by atoms with E-state index in [0.717, 1.165) is 9.99 Å². The molecule has 0 radical (unpaired) electrons. The lowest BCUT2D eigenvalue weighted by Crippen LogP contribution is -2.42. The monoisotopic (exact) mass is 359 g/mol. The van der Waals surface area contributed by atoms with E-state index in [-0.39, 0.29) is 5.91 Å². The minimum Gasteiger partial charge on any atom is -0.481 e. The van der Waals surface area contributed by atoms with E-state index >= 15 is 0 Å². The fourth-order valence-electron chi connectivity index (χ4n) is 2.17. The van der Waals surface area contributed by atoms with Crippen molar-refractivity contribution in [2.45, 2.75) is 12.8 Å². The summed E-state index contributed by atoms with van der Waals surface area (Å²) in [6.45, 7) is 0.966. The summed E-state index contributed by atoms with van der Waals surface area (Å²) in [6.07, 6.45) is 1.41. The number of aliphatic carboxylic acids is 1. The zero-order valence-corrected chi connectivity index (χ0v) is 12.0. The second-order valence-electron chi connectivity index (χ2n) is 4.44. The Kier molecular flexibility index (Phi) is 4.21. The van der Waals surface area contributed by atoms with Crippen LogP contribution in [0.4, 0.5) is 0 Å². The average Bonchev–Trinajstić information content (AvgIpc) is 2.38. The van der Waals surface area contributed by atoms with E-state index in [1.165, 1.54) is 0 Å². The Hall–Kier alpha value is -1.11. The van der Waals surface area contributed by atoms with Crippen molar-refractivity contribution >= 4 is 34.5 Å². The Morgan fingerprint density at radius 1 is 1.39 bits per heavy atom. The van der Waals surface area contributed by atoms with E-state index in [4.69, 9.17) is 5.11 Å². The van der Waals surface area contributed by atoms with Crippen LogP contribution in [0.25, 0.3) is 0 Å². The summed E-state index contributed by atoms with van der Waals surface area (Å²) < 4.78 is 1.00. The molecule has 18 heavy (non-hydrogen) atoms. The lowest BCUT2D eigenvalue weighted by molar-refractivity contribution is -0.143. The van der Waals surface area contributed by atoms with E-state index < -0.39 is 11.9 Å². The molecule has 1 amide bonds. The number of amides is 1. The van der Waals surface area contributed by atoms with Crippen LogP contribution in [-0.2, 0) is 4.79 Å². The summed E-state index contributed by atoms with van der Waals surface area (Å²) in [4.78, 5) is 24.9. The van der Waals surface area contributed by atoms with Crippen LogP contribution in [0.1, 0.15) is 23.2 Å². The maximum absolute atomic E-state index is 12.2. The molecule has 0 saturated carbocycles. The van der Waals surface area contributed by atoms with Crippen molar-refractivity contribution in [2.24, 2.45) is 5.92 Å². The number of nitrogens with zero attached hydrogens (tertiary/aromatic N) is 1. The first kappa shape index (κ1) is 13.3. The van der Waals surface area contributed by atoms with Gasteiger partial charge in [-0.2, -0.15) is 0 Å². The van der Waals surface area contributed by atoms with Crippen LogP contribution in [0.5, 0.6) is 0 Å². The van der Waals surface area contributed by atoms with E-state index in [9.17, 15) is 9.59 Å². The van der Waals surface area contributed by atoms with E-state index in [1.54, 1.807) is 11.0 Å². The van der Waals surface area contributed by atoms with Crippen LogP contribution in [-0.4, -0.2) is 35.0 Å². The highest BCUT2D eigenvalue weighted by Crippen LogP contribution is 2.19. The topological polar surface area (TPSA) is 57.6 Å². The molecule has 1 aliphatic rings. The Bertz CT molecular complexity index is 475. The van der Waals surface area contributed by atoms with Gasteiger partial charge in [-0.25, -0.2) is 0 Å². The normalized spacial score (nSPS) is 19.6. The summed E-state index contributed by atoms with van der Waals surface area (Å²) in [7, 11) is 0. The van der Waals surface area contributed by atoms with Crippen molar-refractivity contribution < 1.29 is 14.7 Å². The van der Waals surface area contributed by atoms with Gasteiger partial charge in [-0.15, -0.1) is 0 Å². The molecular weight excluding hydrogens is 345 g/mol. The molecule has 0 spiro atoms. The fraction of sp³-hybridized carbons (Fsp3) is 0.385. The highest BCUT2D eigenvalue weighted by molar-refractivity contribution is 14.1. The molecule has 1 N–H and O–H groups in total. The number of benzene rings is 1. The molecule has 0 bridgehead atoms. The first-order valence-corrected chi connectivity index (χ1v) is 6.93. The molecule has 5 heteroatoms. The van der Waals surface area contributed by atoms with Crippen molar-refractivity contribution in [3.8, 4) is 0 Å². The zero-order chi connectivity index (χ0) is 13.1.